The van der Waals surface area contributed by atoms with Crippen molar-refractivity contribution in [3.05, 3.63) is 0 Å². The Hall–Kier alpha value is -0.210. The zero-order valence-electron chi connectivity index (χ0n) is 9.32. The predicted octanol–water partition coefficient (Wildman–Crippen LogP) is -5.39. The molecule has 0 amide bonds. The van der Waals surface area contributed by atoms with Crippen LogP contribution in [0.5, 0.6) is 0 Å². The fourth-order valence-electron chi connectivity index (χ4n) is 0. The maximum Gasteiger partial charge on any atom is 0.466 e. The predicted molar refractivity (Wildman–Crippen MR) is 55.7 cm³/mol. The van der Waals surface area contributed by atoms with Gasteiger partial charge in [0.2, 0.25) is 0 Å². The smallest absolute Gasteiger partial charge is 0.371 e. The Morgan fingerprint density at radius 1 is 1.11 bits per heavy atom. The lowest BCUT2D eigenvalue weighted by atomic mass is 10.3. The lowest BCUT2D eigenvalue weighted by Crippen LogP contribution is -2.47. The molecule has 0 aromatic rings. The van der Waals surface area contributed by atoms with Crippen molar-refractivity contribution < 1.29 is 49.9 Å². The minimum absolute atomic E-state index is 0.562. The average molecular weight is 298 g/mol. The molecule has 0 fully saturated rings. The lowest BCUT2D eigenvalue weighted by molar-refractivity contribution is -0.302. The zero-order chi connectivity index (χ0) is 15.8. The van der Waals surface area contributed by atoms with Gasteiger partial charge in [-0.3, -0.25) is 5.73 Å². The number of aliphatic hydroxyl groups is 6. The van der Waals surface area contributed by atoms with Crippen LogP contribution in [-0.4, -0.2) is 69.9 Å². The second-order valence-corrected chi connectivity index (χ2v) is 4.12. The van der Waals surface area contributed by atoms with Crippen LogP contribution in [0.4, 0.5) is 0 Å². The van der Waals surface area contributed by atoms with Gasteiger partial charge in [-0.15, -0.1) is 0 Å². The molecule has 0 saturated carbocycles. The van der Waals surface area contributed by atoms with Gasteiger partial charge in [-0.05, 0) is 6.92 Å². The summed E-state index contributed by atoms with van der Waals surface area (Å²) in [6.07, 6.45) is -1.87. The highest BCUT2D eigenvalue weighted by atomic mass is 31.2. The topological polar surface area (TPSA) is 251 Å². The van der Waals surface area contributed by atoms with Crippen molar-refractivity contribution in [2.24, 2.45) is 11.5 Å². The van der Waals surface area contributed by atoms with E-state index in [1.165, 1.54) is 0 Å². The van der Waals surface area contributed by atoms with Crippen molar-refractivity contribution in [1.82, 2.24) is 0 Å². The molecule has 0 aromatic carbocycles. The number of hydrogen-bond donors (Lipinski definition) is 11. The van der Waals surface area contributed by atoms with Gasteiger partial charge < -0.3 is 51.1 Å². The van der Waals surface area contributed by atoms with Gasteiger partial charge in [0.05, 0.1) is 6.54 Å². The number of nitrogens with two attached hydrogens (primary N) is 2. The SMILES string of the molecule is CC(N)(O)C(O)O.NCC(O)(O)O.O=P(O)(O)O. The number of aliphatic hydroxyl groups excluding tert-OH is 1. The van der Waals surface area contributed by atoms with Crippen LogP contribution in [0.25, 0.3) is 0 Å². The Bertz CT molecular complexity index is 231. The molecule has 18 heavy (non-hydrogen) atoms. The van der Waals surface area contributed by atoms with Crippen LogP contribution < -0.4 is 11.5 Å². The van der Waals surface area contributed by atoms with Crippen molar-refractivity contribution in [2.75, 3.05) is 6.54 Å². The average Bonchev–Trinajstić information content (AvgIpc) is 1.98. The summed E-state index contributed by atoms with van der Waals surface area (Å²) in [5.74, 6) is -2.68. The molecule has 0 heterocycles. The van der Waals surface area contributed by atoms with Crippen LogP contribution in [0, 0.1) is 0 Å². The zero-order valence-corrected chi connectivity index (χ0v) is 10.2. The van der Waals surface area contributed by atoms with Gasteiger partial charge in [0, 0.05) is 0 Å². The highest BCUT2D eigenvalue weighted by molar-refractivity contribution is 7.45. The van der Waals surface area contributed by atoms with E-state index in [0.717, 1.165) is 6.92 Å². The van der Waals surface area contributed by atoms with Crippen LogP contribution in [0.15, 0.2) is 0 Å². The lowest BCUT2D eigenvalue weighted by Gasteiger charge is -2.18. The molecular weight excluding hydrogens is 279 g/mol. The molecule has 0 radical (unpaired) electrons. The van der Waals surface area contributed by atoms with Gasteiger partial charge >= 0.3 is 7.82 Å². The monoisotopic (exact) mass is 298 g/mol. The van der Waals surface area contributed by atoms with Gasteiger partial charge in [0.1, 0.15) is 0 Å². The van der Waals surface area contributed by atoms with Gasteiger partial charge in [0.25, 0.3) is 5.97 Å². The fourth-order valence-corrected chi connectivity index (χ4v) is 0. The maximum atomic E-state index is 8.88. The Morgan fingerprint density at radius 2 is 1.22 bits per heavy atom. The van der Waals surface area contributed by atoms with Crippen LogP contribution >= 0.6 is 7.82 Å². The Labute approximate surface area is 102 Å². The number of hydrogen-bond acceptors (Lipinski definition) is 9. The van der Waals surface area contributed by atoms with Crippen LogP contribution in [0.1, 0.15) is 6.92 Å². The first-order valence-corrected chi connectivity index (χ1v) is 5.60. The minimum Gasteiger partial charge on any atom is -0.371 e. The Balaban J connectivity index is -0.000000190. The van der Waals surface area contributed by atoms with Gasteiger partial charge in [-0.2, -0.15) is 0 Å². The normalized spacial score (nSPS) is 14.9. The van der Waals surface area contributed by atoms with Crippen LogP contribution in [0.2, 0.25) is 0 Å². The summed E-state index contributed by atoms with van der Waals surface area (Å²) in [5, 5.41) is 47.9. The van der Waals surface area contributed by atoms with E-state index >= 15 is 0 Å². The molecular formula is C5H19N2O10P. The Morgan fingerprint density at radius 3 is 1.22 bits per heavy atom. The van der Waals surface area contributed by atoms with E-state index in [4.69, 9.17) is 55.6 Å². The molecule has 0 bridgehead atoms. The van der Waals surface area contributed by atoms with E-state index in [1.54, 1.807) is 0 Å². The molecule has 13 N–H and O–H groups in total. The molecule has 0 saturated heterocycles. The fraction of sp³-hybridized carbons (Fsp3) is 1.00. The summed E-state index contributed by atoms with van der Waals surface area (Å²) in [5.41, 5.74) is 7.40. The molecule has 0 aliphatic carbocycles. The molecule has 1 unspecified atom stereocenters. The first kappa shape index (κ1) is 22.9. The third-order valence-electron chi connectivity index (χ3n) is 0.797. The highest BCUT2D eigenvalue weighted by Gasteiger charge is 2.21. The molecule has 0 aromatic heterocycles. The largest absolute Gasteiger partial charge is 0.466 e. The molecule has 0 spiro atoms. The first-order chi connectivity index (χ1) is 7.50. The molecule has 0 aliphatic heterocycles. The summed E-state index contributed by atoms with van der Waals surface area (Å²) in [7, 11) is -4.64. The molecule has 114 valence electrons. The molecule has 0 aliphatic rings. The number of rotatable bonds is 2. The second-order valence-electron chi connectivity index (χ2n) is 3.09. The van der Waals surface area contributed by atoms with E-state index in [9.17, 15) is 0 Å². The summed E-state index contributed by atoms with van der Waals surface area (Å²) in [4.78, 5) is 21.6. The van der Waals surface area contributed by atoms with Gasteiger partial charge in [-0.1, -0.05) is 0 Å². The van der Waals surface area contributed by atoms with Gasteiger partial charge in [-0.25, -0.2) is 4.57 Å². The van der Waals surface area contributed by atoms with E-state index in [0.29, 0.717) is 0 Å². The third kappa shape index (κ3) is 44.7. The van der Waals surface area contributed by atoms with Crippen molar-refractivity contribution in [1.29, 1.82) is 0 Å². The van der Waals surface area contributed by atoms with E-state index in [-0.39, 0.29) is 0 Å². The molecule has 1 atom stereocenters. The van der Waals surface area contributed by atoms with Crippen molar-refractivity contribution in [3.8, 4) is 0 Å². The van der Waals surface area contributed by atoms with Crippen LogP contribution in [0.3, 0.4) is 0 Å². The molecule has 12 nitrogen and oxygen atoms in total. The minimum atomic E-state index is -4.64. The van der Waals surface area contributed by atoms with Crippen molar-refractivity contribution in [3.63, 3.8) is 0 Å². The Kier molecular flexibility index (Phi) is 11.2. The first-order valence-electron chi connectivity index (χ1n) is 4.03. The number of phosphoric acid groups is 1. The second kappa shape index (κ2) is 8.82. The quantitative estimate of drug-likeness (QED) is 0.169. The van der Waals surface area contributed by atoms with Crippen LogP contribution in [-0.2, 0) is 4.57 Å². The maximum absolute atomic E-state index is 8.88. The highest BCUT2D eigenvalue weighted by Crippen LogP contribution is 2.25. The van der Waals surface area contributed by atoms with Crippen molar-refractivity contribution >= 4 is 7.82 Å². The summed E-state index contributed by atoms with van der Waals surface area (Å²) >= 11 is 0. The summed E-state index contributed by atoms with van der Waals surface area (Å²) in [6, 6.07) is 0. The standard InChI is InChI=1S/C3H9NO3.C2H7NO3.H3O4P/c1-3(4,7)2(5)6;3-1-2(4,5)6;1-5(2,3)4/h2,5-7H,4H2,1H3;4-6H,1,3H2;(H3,1,2,3,4). The summed E-state index contributed by atoms with van der Waals surface area (Å²) < 4.78 is 8.88. The van der Waals surface area contributed by atoms with E-state index in [1.807, 2.05) is 0 Å². The van der Waals surface area contributed by atoms with E-state index in [2.05, 4.69) is 5.73 Å². The van der Waals surface area contributed by atoms with Gasteiger partial charge in [0.15, 0.2) is 12.0 Å². The van der Waals surface area contributed by atoms with E-state index < -0.39 is 32.4 Å². The third-order valence-corrected chi connectivity index (χ3v) is 0.797. The molecule has 13 heteroatoms. The molecule has 0 rings (SSSR count). The van der Waals surface area contributed by atoms with Crippen molar-refractivity contribution in [2.45, 2.75) is 24.9 Å². The summed E-state index contributed by atoms with van der Waals surface area (Å²) in [6.45, 7) is 0.532.